The molecule has 0 aromatic heterocycles. The Morgan fingerprint density at radius 3 is 2.27 bits per heavy atom. The van der Waals surface area contributed by atoms with Gasteiger partial charge in [0.2, 0.25) is 10.0 Å². The number of alkyl carbamates (subject to hydrolysis) is 1. The van der Waals surface area contributed by atoms with E-state index in [0.29, 0.717) is 37.6 Å². The van der Waals surface area contributed by atoms with Gasteiger partial charge in [-0.3, -0.25) is 4.99 Å². The van der Waals surface area contributed by atoms with E-state index in [-0.39, 0.29) is 28.9 Å². The number of hydrogen-bond donors (Lipinski definition) is 3. The van der Waals surface area contributed by atoms with E-state index in [1.807, 2.05) is 20.8 Å². The van der Waals surface area contributed by atoms with Gasteiger partial charge in [-0.1, -0.05) is 18.2 Å². The smallest absolute Gasteiger partial charge is 0.407 e. The van der Waals surface area contributed by atoms with Crippen molar-refractivity contribution in [1.29, 1.82) is 0 Å². The molecule has 11 heteroatoms. The van der Waals surface area contributed by atoms with Gasteiger partial charge in [-0.15, -0.1) is 24.0 Å². The van der Waals surface area contributed by atoms with Crippen molar-refractivity contribution in [2.45, 2.75) is 44.2 Å². The van der Waals surface area contributed by atoms with E-state index in [0.717, 1.165) is 0 Å². The van der Waals surface area contributed by atoms with Gasteiger partial charge in [0, 0.05) is 40.8 Å². The zero-order chi connectivity index (χ0) is 22.1. The van der Waals surface area contributed by atoms with Gasteiger partial charge in [0.1, 0.15) is 5.60 Å². The molecule has 0 saturated carbocycles. The molecule has 0 spiro atoms. The van der Waals surface area contributed by atoms with Crippen LogP contribution in [0, 0.1) is 0 Å². The number of carbonyl (C=O) groups excluding carboxylic acids is 1. The molecular weight excluding hydrogens is 521 g/mol. The molecule has 0 saturated heterocycles. The van der Waals surface area contributed by atoms with Gasteiger partial charge in [-0.25, -0.2) is 17.5 Å². The highest BCUT2D eigenvalue weighted by Crippen LogP contribution is 2.18. The number of nitrogens with zero attached hydrogens (tertiary/aromatic N) is 2. The maximum Gasteiger partial charge on any atom is 0.407 e. The average molecular weight is 555 g/mol. The highest BCUT2D eigenvalue weighted by molar-refractivity contribution is 14.0. The third-order valence-corrected chi connectivity index (χ3v) is 5.63. The maximum atomic E-state index is 12.5. The van der Waals surface area contributed by atoms with Crippen molar-refractivity contribution < 1.29 is 17.9 Å². The summed E-state index contributed by atoms with van der Waals surface area (Å²) in [6.07, 6.45) is 0.227. The molecule has 0 radical (unpaired) electrons. The number of ether oxygens (including phenoxy) is 1. The molecule has 0 aliphatic rings. The minimum atomic E-state index is -3.53. The first-order valence-electron chi connectivity index (χ1n) is 9.39. The minimum Gasteiger partial charge on any atom is -0.444 e. The SMILES string of the molecule is CN=C(NCCCNC(=O)OC(C)(C)C)NCc1ccccc1S(=O)(=O)N(C)C.I. The van der Waals surface area contributed by atoms with Crippen molar-refractivity contribution in [3.8, 4) is 0 Å². The summed E-state index contributed by atoms with van der Waals surface area (Å²) in [5.74, 6) is 0.541. The molecule has 1 aromatic carbocycles. The van der Waals surface area contributed by atoms with Crippen LogP contribution >= 0.6 is 24.0 Å². The fourth-order valence-corrected chi connectivity index (χ4v) is 3.41. The van der Waals surface area contributed by atoms with Gasteiger partial charge in [-0.2, -0.15) is 0 Å². The topological polar surface area (TPSA) is 112 Å². The maximum absolute atomic E-state index is 12.5. The zero-order valence-corrected chi connectivity index (χ0v) is 21.6. The van der Waals surface area contributed by atoms with Crippen LogP contribution in [0.15, 0.2) is 34.2 Å². The first-order valence-corrected chi connectivity index (χ1v) is 10.8. The van der Waals surface area contributed by atoms with Crippen molar-refractivity contribution in [1.82, 2.24) is 20.3 Å². The number of halogens is 1. The number of aliphatic imine (C=N–C) groups is 1. The van der Waals surface area contributed by atoms with Crippen LogP contribution in [0.4, 0.5) is 4.79 Å². The van der Waals surface area contributed by atoms with E-state index in [1.54, 1.807) is 31.3 Å². The highest BCUT2D eigenvalue weighted by Gasteiger charge is 2.20. The van der Waals surface area contributed by atoms with E-state index < -0.39 is 21.7 Å². The third kappa shape index (κ3) is 9.94. The lowest BCUT2D eigenvalue weighted by Crippen LogP contribution is -2.39. The normalized spacial score (nSPS) is 12.2. The summed E-state index contributed by atoms with van der Waals surface area (Å²) in [6.45, 7) is 6.78. The quantitative estimate of drug-likeness (QED) is 0.196. The predicted octanol–water partition coefficient (Wildman–Crippen LogP) is 2.13. The molecule has 0 aliphatic heterocycles. The van der Waals surface area contributed by atoms with E-state index >= 15 is 0 Å². The molecule has 0 atom stereocenters. The Kier molecular flexibility index (Phi) is 12.3. The van der Waals surface area contributed by atoms with Crippen LogP contribution in [-0.2, 0) is 21.3 Å². The summed E-state index contributed by atoms with van der Waals surface area (Å²) in [5, 5.41) is 8.93. The van der Waals surface area contributed by atoms with Crippen molar-refractivity contribution in [2.24, 2.45) is 4.99 Å². The van der Waals surface area contributed by atoms with Gasteiger partial charge < -0.3 is 20.7 Å². The lowest BCUT2D eigenvalue weighted by molar-refractivity contribution is 0.0527. The van der Waals surface area contributed by atoms with Crippen molar-refractivity contribution in [2.75, 3.05) is 34.2 Å². The first kappa shape index (κ1) is 28.4. The van der Waals surface area contributed by atoms with Crippen LogP contribution < -0.4 is 16.0 Å². The summed E-state index contributed by atoms with van der Waals surface area (Å²) in [7, 11) is 1.12. The average Bonchev–Trinajstić information content (AvgIpc) is 2.62. The van der Waals surface area contributed by atoms with Crippen LogP contribution in [0.25, 0.3) is 0 Å². The lowest BCUT2D eigenvalue weighted by Gasteiger charge is -2.19. The largest absolute Gasteiger partial charge is 0.444 e. The number of benzene rings is 1. The Bertz CT molecular complexity index is 807. The molecular formula is C19H34IN5O4S. The fourth-order valence-electron chi connectivity index (χ4n) is 2.30. The highest BCUT2D eigenvalue weighted by atomic mass is 127. The molecule has 3 N–H and O–H groups in total. The van der Waals surface area contributed by atoms with Crippen LogP contribution in [0.5, 0.6) is 0 Å². The van der Waals surface area contributed by atoms with Crippen LogP contribution in [0.1, 0.15) is 32.8 Å². The Morgan fingerprint density at radius 1 is 1.10 bits per heavy atom. The fraction of sp³-hybridized carbons (Fsp3) is 0.579. The zero-order valence-electron chi connectivity index (χ0n) is 18.5. The molecule has 0 heterocycles. The number of carbonyl (C=O) groups is 1. The van der Waals surface area contributed by atoms with Crippen molar-refractivity contribution in [3.63, 3.8) is 0 Å². The van der Waals surface area contributed by atoms with Gasteiger partial charge >= 0.3 is 6.09 Å². The second kappa shape index (κ2) is 13.0. The number of guanidine groups is 1. The Hall–Kier alpha value is -1.60. The summed E-state index contributed by atoms with van der Waals surface area (Å²) in [5.41, 5.74) is 0.126. The second-order valence-electron chi connectivity index (χ2n) is 7.53. The number of hydrogen-bond acceptors (Lipinski definition) is 5. The van der Waals surface area contributed by atoms with Crippen molar-refractivity contribution in [3.05, 3.63) is 29.8 Å². The molecule has 1 rings (SSSR count). The number of amides is 1. The molecule has 30 heavy (non-hydrogen) atoms. The minimum absolute atomic E-state index is 0. The van der Waals surface area contributed by atoms with Gasteiger partial charge in [-0.05, 0) is 38.8 Å². The van der Waals surface area contributed by atoms with Crippen molar-refractivity contribution >= 4 is 46.1 Å². The Morgan fingerprint density at radius 2 is 1.70 bits per heavy atom. The van der Waals surface area contributed by atoms with Crippen LogP contribution in [-0.4, -0.2) is 64.6 Å². The molecule has 0 unspecified atom stereocenters. The van der Waals surface area contributed by atoms with Gasteiger partial charge in [0.25, 0.3) is 0 Å². The molecule has 0 fully saturated rings. The monoisotopic (exact) mass is 555 g/mol. The standard InChI is InChI=1S/C19H33N5O4S.HI/c1-19(2,3)28-18(25)22-13-9-12-21-17(20-4)23-14-15-10-7-8-11-16(15)29(26,27)24(5)6;/h7-8,10-11H,9,12-14H2,1-6H3,(H,22,25)(H2,20,21,23);1H. The van der Waals surface area contributed by atoms with Gasteiger partial charge in [0.15, 0.2) is 5.96 Å². The molecule has 1 aromatic rings. The molecule has 0 bridgehead atoms. The Balaban J connectivity index is 0.00000841. The Labute approximate surface area is 197 Å². The number of sulfonamides is 1. The molecule has 172 valence electrons. The van der Waals surface area contributed by atoms with Crippen LogP contribution in [0.2, 0.25) is 0 Å². The number of rotatable bonds is 8. The molecule has 9 nitrogen and oxygen atoms in total. The van der Waals surface area contributed by atoms with E-state index in [9.17, 15) is 13.2 Å². The summed E-state index contributed by atoms with van der Waals surface area (Å²) < 4.78 is 31.3. The second-order valence-corrected chi connectivity index (χ2v) is 9.65. The summed E-state index contributed by atoms with van der Waals surface area (Å²) >= 11 is 0. The molecule has 0 aliphatic carbocycles. The van der Waals surface area contributed by atoms with E-state index in [2.05, 4.69) is 20.9 Å². The summed E-state index contributed by atoms with van der Waals surface area (Å²) in [6, 6.07) is 6.85. The van der Waals surface area contributed by atoms with Crippen LogP contribution in [0.3, 0.4) is 0 Å². The van der Waals surface area contributed by atoms with E-state index in [4.69, 9.17) is 4.74 Å². The van der Waals surface area contributed by atoms with Gasteiger partial charge in [0.05, 0.1) is 4.90 Å². The first-order chi connectivity index (χ1) is 13.5. The summed E-state index contributed by atoms with van der Waals surface area (Å²) in [4.78, 5) is 16.0. The predicted molar refractivity (Wildman–Crippen MR) is 130 cm³/mol. The molecule has 1 amide bonds. The third-order valence-electron chi connectivity index (χ3n) is 3.72. The van der Waals surface area contributed by atoms with E-state index in [1.165, 1.54) is 18.4 Å². The lowest BCUT2D eigenvalue weighted by atomic mass is 10.2. The number of nitrogens with one attached hydrogen (secondary N) is 3.